The fourth-order valence-electron chi connectivity index (χ4n) is 1.12. The Hall–Kier alpha value is -1.80. The second kappa shape index (κ2) is 5.93. The van der Waals surface area contributed by atoms with Crippen molar-refractivity contribution in [1.29, 1.82) is 5.26 Å². The fraction of sp³-hybridized carbons (Fsp3) is 0.182. The topological polar surface area (TPSA) is 70.0 Å². The van der Waals surface area contributed by atoms with Crippen molar-refractivity contribution in [3.63, 3.8) is 0 Å². The fourth-order valence-corrected chi connectivity index (χ4v) is 1.49. The molecule has 0 aliphatic rings. The number of Topliss-reactive ketones (excluding diaryl/α,β-unsaturated/α-hetero) is 1. The van der Waals surface area contributed by atoms with E-state index in [9.17, 15) is 9.59 Å². The second-order valence-electron chi connectivity index (χ2n) is 3.06. The molecule has 0 aliphatic heterocycles. The molecule has 0 heterocycles. The third kappa shape index (κ3) is 3.75. The standard InChI is InChI=1S/C11H10N2O2S/c1-8(14)13-10-4-2-9(3-5-10)11(15)6-16-7-12/h2-5H,6H2,1H3,(H,13,14). The van der Waals surface area contributed by atoms with Gasteiger partial charge in [0, 0.05) is 18.2 Å². The minimum absolute atomic E-state index is 0.0964. The maximum atomic E-state index is 11.5. The summed E-state index contributed by atoms with van der Waals surface area (Å²) in [5.41, 5.74) is 1.19. The van der Waals surface area contributed by atoms with Crippen LogP contribution in [0.25, 0.3) is 0 Å². The molecule has 0 saturated heterocycles. The lowest BCUT2D eigenvalue weighted by molar-refractivity contribution is -0.114. The van der Waals surface area contributed by atoms with E-state index in [1.54, 1.807) is 24.3 Å². The van der Waals surface area contributed by atoms with Crippen LogP contribution in [0.1, 0.15) is 17.3 Å². The Labute approximate surface area is 97.6 Å². The lowest BCUT2D eigenvalue weighted by Crippen LogP contribution is -2.06. The number of rotatable bonds is 4. The zero-order valence-electron chi connectivity index (χ0n) is 8.69. The summed E-state index contributed by atoms with van der Waals surface area (Å²) in [6.45, 7) is 1.42. The number of anilines is 1. The van der Waals surface area contributed by atoms with Gasteiger partial charge in [0.15, 0.2) is 5.78 Å². The van der Waals surface area contributed by atoms with E-state index >= 15 is 0 Å². The highest BCUT2D eigenvalue weighted by atomic mass is 32.2. The molecule has 5 heteroatoms. The molecule has 0 spiro atoms. The van der Waals surface area contributed by atoms with Gasteiger partial charge >= 0.3 is 0 Å². The van der Waals surface area contributed by atoms with Crippen molar-refractivity contribution in [1.82, 2.24) is 0 Å². The van der Waals surface area contributed by atoms with Crippen molar-refractivity contribution in [3.05, 3.63) is 29.8 Å². The lowest BCUT2D eigenvalue weighted by atomic mass is 10.1. The van der Waals surface area contributed by atoms with Gasteiger partial charge in [-0.05, 0) is 36.0 Å². The van der Waals surface area contributed by atoms with Crippen molar-refractivity contribution in [2.24, 2.45) is 0 Å². The zero-order chi connectivity index (χ0) is 12.0. The molecule has 0 saturated carbocycles. The van der Waals surface area contributed by atoms with Crippen molar-refractivity contribution < 1.29 is 9.59 Å². The predicted octanol–water partition coefficient (Wildman–Crippen LogP) is 2.04. The Morgan fingerprint density at radius 2 is 2.00 bits per heavy atom. The summed E-state index contributed by atoms with van der Waals surface area (Å²) in [7, 11) is 0. The molecule has 1 amide bonds. The number of carbonyl (C=O) groups excluding carboxylic acids is 2. The highest BCUT2D eigenvalue weighted by molar-refractivity contribution is 8.04. The molecule has 0 aliphatic carbocycles. The Morgan fingerprint density at radius 3 is 2.50 bits per heavy atom. The first kappa shape index (κ1) is 12.3. The summed E-state index contributed by atoms with van der Waals surface area (Å²) in [6, 6.07) is 6.58. The number of ketones is 1. The van der Waals surface area contributed by atoms with Gasteiger partial charge in [0.1, 0.15) is 5.40 Å². The average molecular weight is 234 g/mol. The average Bonchev–Trinajstić information content (AvgIpc) is 2.26. The van der Waals surface area contributed by atoms with Crippen LogP contribution in [0.5, 0.6) is 0 Å². The third-order valence-corrected chi connectivity index (χ3v) is 2.33. The molecule has 0 aromatic heterocycles. The maximum absolute atomic E-state index is 11.5. The largest absolute Gasteiger partial charge is 0.326 e. The van der Waals surface area contributed by atoms with Gasteiger partial charge in [-0.25, -0.2) is 0 Å². The van der Waals surface area contributed by atoms with E-state index in [0.29, 0.717) is 11.3 Å². The molecule has 16 heavy (non-hydrogen) atoms. The van der Waals surface area contributed by atoms with Crippen LogP contribution in [0.2, 0.25) is 0 Å². The van der Waals surface area contributed by atoms with E-state index in [1.807, 2.05) is 5.40 Å². The minimum atomic E-state index is -0.154. The molecular weight excluding hydrogens is 224 g/mol. The number of nitrogens with zero attached hydrogens (tertiary/aromatic N) is 1. The lowest BCUT2D eigenvalue weighted by Gasteiger charge is -2.02. The van der Waals surface area contributed by atoms with Crippen LogP contribution in [0, 0.1) is 10.7 Å². The van der Waals surface area contributed by atoms with Crippen LogP contribution < -0.4 is 5.32 Å². The molecule has 4 nitrogen and oxygen atoms in total. The first-order valence-corrected chi connectivity index (χ1v) is 5.54. The predicted molar refractivity (Wildman–Crippen MR) is 63.1 cm³/mol. The van der Waals surface area contributed by atoms with E-state index in [2.05, 4.69) is 5.32 Å². The van der Waals surface area contributed by atoms with Crippen LogP contribution in [0.3, 0.4) is 0 Å². The van der Waals surface area contributed by atoms with Crippen LogP contribution >= 0.6 is 11.8 Å². The Bertz CT molecular complexity index is 434. The third-order valence-electron chi connectivity index (χ3n) is 1.80. The number of amides is 1. The summed E-state index contributed by atoms with van der Waals surface area (Å²) in [6.07, 6.45) is 0. The van der Waals surface area contributed by atoms with Gasteiger partial charge in [-0.3, -0.25) is 9.59 Å². The number of thioether (sulfide) groups is 1. The van der Waals surface area contributed by atoms with Gasteiger partial charge in [-0.2, -0.15) is 5.26 Å². The Morgan fingerprint density at radius 1 is 1.38 bits per heavy atom. The number of benzene rings is 1. The molecule has 0 atom stereocenters. The summed E-state index contributed by atoms with van der Waals surface area (Å²) < 4.78 is 0. The Balaban J connectivity index is 2.67. The number of carbonyl (C=O) groups is 2. The normalized spacial score (nSPS) is 9.25. The van der Waals surface area contributed by atoms with Crippen molar-refractivity contribution >= 4 is 29.1 Å². The van der Waals surface area contributed by atoms with Crippen molar-refractivity contribution in [2.75, 3.05) is 11.1 Å². The molecule has 82 valence electrons. The van der Waals surface area contributed by atoms with Crippen LogP contribution in [-0.2, 0) is 4.79 Å². The number of nitrogens with one attached hydrogen (secondary N) is 1. The first-order valence-electron chi connectivity index (χ1n) is 4.55. The van der Waals surface area contributed by atoms with Gasteiger partial charge in [0.25, 0.3) is 0 Å². The second-order valence-corrected chi connectivity index (χ2v) is 3.82. The highest BCUT2D eigenvalue weighted by Crippen LogP contribution is 2.11. The summed E-state index contributed by atoms with van der Waals surface area (Å²) in [5.74, 6) is -0.101. The van der Waals surface area contributed by atoms with Crippen LogP contribution in [0.15, 0.2) is 24.3 Å². The molecule has 0 bridgehead atoms. The molecule has 1 rings (SSSR count). The van der Waals surface area contributed by atoms with Gasteiger partial charge in [0.2, 0.25) is 5.91 Å². The van der Waals surface area contributed by atoms with E-state index in [0.717, 1.165) is 11.8 Å². The van der Waals surface area contributed by atoms with E-state index in [1.165, 1.54) is 6.92 Å². The van der Waals surface area contributed by atoms with E-state index in [-0.39, 0.29) is 17.4 Å². The minimum Gasteiger partial charge on any atom is -0.326 e. The molecular formula is C11H10N2O2S. The summed E-state index contributed by atoms with van der Waals surface area (Å²) in [4.78, 5) is 22.2. The number of thiocyanates is 1. The SMILES string of the molecule is CC(=O)Nc1ccc(C(=O)CSC#N)cc1. The maximum Gasteiger partial charge on any atom is 0.221 e. The molecule has 1 N–H and O–H groups in total. The van der Waals surface area contributed by atoms with Gasteiger partial charge in [-0.15, -0.1) is 0 Å². The van der Waals surface area contributed by atoms with Gasteiger partial charge in [-0.1, -0.05) is 0 Å². The molecule has 1 aromatic rings. The zero-order valence-corrected chi connectivity index (χ0v) is 9.50. The number of hydrogen-bond acceptors (Lipinski definition) is 4. The smallest absolute Gasteiger partial charge is 0.221 e. The van der Waals surface area contributed by atoms with Gasteiger partial charge < -0.3 is 5.32 Å². The number of hydrogen-bond donors (Lipinski definition) is 1. The molecule has 0 unspecified atom stereocenters. The van der Waals surface area contributed by atoms with Crippen molar-refractivity contribution in [2.45, 2.75) is 6.92 Å². The molecule has 1 aromatic carbocycles. The van der Waals surface area contributed by atoms with Crippen molar-refractivity contribution in [3.8, 4) is 5.40 Å². The quantitative estimate of drug-likeness (QED) is 0.639. The van der Waals surface area contributed by atoms with E-state index in [4.69, 9.17) is 5.26 Å². The first-order chi connectivity index (χ1) is 7.63. The monoisotopic (exact) mass is 234 g/mol. The summed E-state index contributed by atoms with van der Waals surface area (Å²) >= 11 is 0.912. The van der Waals surface area contributed by atoms with Crippen LogP contribution in [-0.4, -0.2) is 17.4 Å². The summed E-state index contributed by atoms with van der Waals surface area (Å²) in [5, 5.41) is 12.8. The van der Waals surface area contributed by atoms with E-state index < -0.39 is 0 Å². The Kier molecular flexibility index (Phi) is 4.55. The molecule has 0 fully saturated rings. The highest BCUT2D eigenvalue weighted by Gasteiger charge is 2.05. The van der Waals surface area contributed by atoms with Crippen LogP contribution in [0.4, 0.5) is 5.69 Å². The molecule has 0 radical (unpaired) electrons. The number of nitriles is 1. The van der Waals surface area contributed by atoms with Gasteiger partial charge in [0.05, 0.1) is 5.75 Å².